The van der Waals surface area contributed by atoms with E-state index in [0.29, 0.717) is 0 Å². The molecule has 1 spiro atoms. The van der Waals surface area contributed by atoms with E-state index >= 15 is 0 Å². The van der Waals surface area contributed by atoms with Gasteiger partial charge < -0.3 is 0 Å². The van der Waals surface area contributed by atoms with Crippen LogP contribution in [0.1, 0.15) is 22.3 Å². The zero-order valence-corrected chi connectivity index (χ0v) is 18.9. The summed E-state index contributed by atoms with van der Waals surface area (Å²) < 4.78 is 1.15. The second-order valence-corrected chi connectivity index (χ2v) is 9.45. The molecule has 0 amide bonds. The van der Waals surface area contributed by atoms with Crippen LogP contribution < -0.4 is 0 Å². The van der Waals surface area contributed by atoms with Gasteiger partial charge in [-0.15, -0.1) is 0 Å². The van der Waals surface area contributed by atoms with Gasteiger partial charge in [-0.05, 0) is 61.7 Å². The summed E-state index contributed by atoms with van der Waals surface area (Å²) in [5.74, 6) is 0. The van der Waals surface area contributed by atoms with E-state index in [9.17, 15) is 0 Å². The monoisotopic (exact) mass is 470 g/mol. The number of hydrogen-bond acceptors (Lipinski definition) is 0. The molecule has 0 saturated carbocycles. The fraction of sp³-hybridized carbons (Fsp3) is 0.0323. The SMILES string of the molecule is Brc1cccc2c1C1(c3ccccc3-c3ccccc3-c3ccccc31)c1ccccc1-2. The Hall–Kier alpha value is -3.42. The number of hydrogen-bond donors (Lipinski definition) is 0. The highest BCUT2D eigenvalue weighted by Crippen LogP contribution is 2.62. The maximum absolute atomic E-state index is 3.98. The van der Waals surface area contributed by atoms with Crippen molar-refractivity contribution in [3.63, 3.8) is 0 Å². The summed E-state index contributed by atoms with van der Waals surface area (Å²) in [7, 11) is 0. The summed E-state index contributed by atoms with van der Waals surface area (Å²) in [6, 6.07) is 42.4. The molecule has 1 heteroatoms. The van der Waals surface area contributed by atoms with E-state index in [-0.39, 0.29) is 0 Å². The minimum Gasteiger partial charge on any atom is -0.0619 e. The molecule has 0 atom stereocenters. The van der Waals surface area contributed by atoms with Crippen LogP contribution in [0.3, 0.4) is 0 Å². The van der Waals surface area contributed by atoms with E-state index < -0.39 is 5.41 Å². The van der Waals surface area contributed by atoms with Crippen molar-refractivity contribution in [3.05, 3.63) is 142 Å². The summed E-state index contributed by atoms with van der Waals surface area (Å²) in [6.45, 7) is 0. The molecule has 150 valence electrons. The Morgan fingerprint density at radius 2 is 0.750 bits per heavy atom. The molecule has 0 heterocycles. The van der Waals surface area contributed by atoms with Crippen LogP contribution in [0.15, 0.2) is 120 Å². The lowest BCUT2D eigenvalue weighted by Crippen LogP contribution is -2.29. The van der Waals surface area contributed by atoms with E-state index in [1.807, 2.05) is 0 Å². The Morgan fingerprint density at radius 3 is 1.25 bits per heavy atom. The first-order valence-electron chi connectivity index (χ1n) is 11.0. The topological polar surface area (TPSA) is 0 Å². The van der Waals surface area contributed by atoms with Crippen molar-refractivity contribution in [2.24, 2.45) is 0 Å². The van der Waals surface area contributed by atoms with Gasteiger partial charge in [-0.1, -0.05) is 125 Å². The number of rotatable bonds is 0. The van der Waals surface area contributed by atoms with Gasteiger partial charge in [0.05, 0.1) is 5.41 Å². The molecule has 0 aromatic heterocycles. The van der Waals surface area contributed by atoms with Gasteiger partial charge in [-0.3, -0.25) is 0 Å². The standard InChI is InChI=1S/C31H19Br/c32-29-19-9-15-25-24-14-5-8-18-28(24)31(30(25)29)26-16-6-3-12-22(26)20-10-1-2-11-21(20)23-13-4-7-17-27(23)31/h1-19H. The molecular formula is C31H19Br. The molecule has 32 heavy (non-hydrogen) atoms. The van der Waals surface area contributed by atoms with Crippen molar-refractivity contribution in [1.82, 2.24) is 0 Å². The smallest absolute Gasteiger partial charge is 0.0619 e. The first-order chi connectivity index (χ1) is 15.8. The highest BCUT2D eigenvalue weighted by atomic mass is 79.9. The molecule has 0 unspecified atom stereocenters. The van der Waals surface area contributed by atoms with Gasteiger partial charge in [0.15, 0.2) is 0 Å². The van der Waals surface area contributed by atoms with Crippen LogP contribution in [0.25, 0.3) is 33.4 Å². The summed E-state index contributed by atoms with van der Waals surface area (Å²) in [5.41, 5.74) is 12.8. The molecule has 0 fully saturated rings. The Bertz CT molecular complexity index is 1480. The Labute approximate surface area is 196 Å². The molecule has 0 saturated heterocycles. The summed E-state index contributed by atoms with van der Waals surface area (Å²) in [6.07, 6.45) is 0. The van der Waals surface area contributed by atoms with Gasteiger partial charge >= 0.3 is 0 Å². The third-order valence-electron chi connectivity index (χ3n) is 7.18. The van der Waals surface area contributed by atoms with E-state index in [1.54, 1.807) is 0 Å². The van der Waals surface area contributed by atoms with Gasteiger partial charge in [0.2, 0.25) is 0 Å². The molecule has 5 aromatic carbocycles. The van der Waals surface area contributed by atoms with Gasteiger partial charge in [0.1, 0.15) is 0 Å². The van der Waals surface area contributed by atoms with Crippen molar-refractivity contribution < 1.29 is 0 Å². The zero-order valence-electron chi connectivity index (χ0n) is 17.3. The van der Waals surface area contributed by atoms with Crippen LogP contribution in [0.2, 0.25) is 0 Å². The molecule has 0 nitrogen and oxygen atoms in total. The van der Waals surface area contributed by atoms with Crippen molar-refractivity contribution in [3.8, 4) is 33.4 Å². The van der Waals surface area contributed by atoms with E-state index in [2.05, 4.69) is 131 Å². The number of fused-ring (bicyclic) bond motifs is 12. The Kier molecular flexibility index (Phi) is 3.72. The molecule has 0 radical (unpaired) electrons. The minimum absolute atomic E-state index is 0.391. The van der Waals surface area contributed by atoms with Crippen LogP contribution in [0.5, 0.6) is 0 Å². The maximum atomic E-state index is 3.98. The van der Waals surface area contributed by atoms with Crippen molar-refractivity contribution in [2.75, 3.05) is 0 Å². The highest BCUT2D eigenvalue weighted by Gasteiger charge is 2.50. The fourth-order valence-electron chi connectivity index (χ4n) is 6.06. The van der Waals surface area contributed by atoms with Crippen LogP contribution in [0, 0.1) is 0 Å². The Balaban J connectivity index is 1.80. The maximum Gasteiger partial charge on any atom is 0.0736 e. The van der Waals surface area contributed by atoms with Crippen molar-refractivity contribution >= 4 is 15.9 Å². The van der Waals surface area contributed by atoms with E-state index in [0.717, 1.165) is 4.47 Å². The Morgan fingerprint density at radius 1 is 0.375 bits per heavy atom. The third-order valence-corrected chi connectivity index (χ3v) is 7.84. The summed E-state index contributed by atoms with van der Waals surface area (Å²) >= 11 is 3.98. The minimum atomic E-state index is -0.391. The van der Waals surface area contributed by atoms with Gasteiger partial charge in [0, 0.05) is 4.47 Å². The normalized spacial score (nSPS) is 14.0. The van der Waals surface area contributed by atoms with Crippen LogP contribution in [0.4, 0.5) is 0 Å². The van der Waals surface area contributed by atoms with Gasteiger partial charge in [-0.25, -0.2) is 0 Å². The predicted molar refractivity (Wildman–Crippen MR) is 136 cm³/mol. The molecule has 2 aliphatic carbocycles. The quantitative estimate of drug-likeness (QED) is 0.208. The summed E-state index contributed by atoms with van der Waals surface area (Å²) in [5, 5.41) is 0. The van der Waals surface area contributed by atoms with E-state index in [4.69, 9.17) is 0 Å². The molecule has 0 N–H and O–H groups in total. The second-order valence-electron chi connectivity index (χ2n) is 8.59. The lowest BCUT2D eigenvalue weighted by Gasteiger charge is -2.35. The zero-order chi connectivity index (χ0) is 21.3. The largest absolute Gasteiger partial charge is 0.0736 e. The fourth-order valence-corrected chi connectivity index (χ4v) is 6.72. The molecule has 2 aliphatic rings. The molecular weight excluding hydrogens is 452 g/mol. The van der Waals surface area contributed by atoms with Gasteiger partial charge in [-0.2, -0.15) is 0 Å². The third kappa shape index (κ3) is 2.12. The average molecular weight is 471 g/mol. The lowest BCUT2D eigenvalue weighted by atomic mass is 9.66. The molecule has 7 rings (SSSR count). The predicted octanol–water partition coefficient (Wildman–Crippen LogP) is 8.46. The van der Waals surface area contributed by atoms with Gasteiger partial charge in [0.25, 0.3) is 0 Å². The number of halogens is 1. The molecule has 0 bridgehead atoms. The lowest BCUT2D eigenvalue weighted by molar-refractivity contribution is 0.771. The van der Waals surface area contributed by atoms with Crippen molar-refractivity contribution in [2.45, 2.75) is 5.41 Å². The van der Waals surface area contributed by atoms with Crippen LogP contribution >= 0.6 is 15.9 Å². The highest BCUT2D eigenvalue weighted by molar-refractivity contribution is 9.10. The second kappa shape index (κ2) is 6.54. The summed E-state index contributed by atoms with van der Waals surface area (Å²) in [4.78, 5) is 0. The number of benzene rings is 5. The first kappa shape index (κ1) is 18.2. The van der Waals surface area contributed by atoms with Crippen LogP contribution in [-0.2, 0) is 5.41 Å². The first-order valence-corrected chi connectivity index (χ1v) is 11.8. The molecule has 0 aliphatic heterocycles. The van der Waals surface area contributed by atoms with Crippen molar-refractivity contribution in [1.29, 1.82) is 0 Å². The molecule has 5 aromatic rings. The average Bonchev–Trinajstić information content (AvgIpc) is 3.11. The van der Waals surface area contributed by atoms with E-state index in [1.165, 1.54) is 55.6 Å². The van der Waals surface area contributed by atoms with Crippen LogP contribution in [-0.4, -0.2) is 0 Å².